The summed E-state index contributed by atoms with van der Waals surface area (Å²) in [5, 5.41) is 9.97. The van der Waals surface area contributed by atoms with E-state index in [0.717, 1.165) is 5.56 Å². The summed E-state index contributed by atoms with van der Waals surface area (Å²) >= 11 is 0. The number of anilines is 1. The second kappa shape index (κ2) is 7.78. The van der Waals surface area contributed by atoms with Crippen molar-refractivity contribution in [3.05, 3.63) is 54.6 Å². The Morgan fingerprint density at radius 1 is 1.04 bits per heavy atom. The molecule has 2 aromatic carbocycles. The molecule has 1 aromatic heterocycles. The smallest absolute Gasteiger partial charge is 0.351 e. The van der Waals surface area contributed by atoms with Crippen LogP contribution in [-0.4, -0.2) is 41.4 Å². The van der Waals surface area contributed by atoms with E-state index in [9.17, 15) is 9.59 Å². The average molecular weight is 381 g/mol. The first kappa shape index (κ1) is 17.5. The summed E-state index contributed by atoms with van der Waals surface area (Å²) in [4.78, 5) is 24.1. The van der Waals surface area contributed by atoms with E-state index in [2.05, 4.69) is 15.5 Å². The number of benzene rings is 2. The highest BCUT2D eigenvalue weighted by molar-refractivity contribution is 5.91. The first-order valence-corrected chi connectivity index (χ1v) is 8.43. The summed E-state index contributed by atoms with van der Waals surface area (Å²) in [5.74, 6) is -0.0671. The number of aromatic nitrogens is 2. The molecule has 0 bridgehead atoms. The minimum absolute atomic E-state index is 0.00155. The van der Waals surface area contributed by atoms with Crippen molar-refractivity contribution < 1.29 is 28.2 Å². The molecule has 2 heterocycles. The standard InChI is InChI=1S/C19H15N3O6/c23-16(20-19-22-21-17(28-19)12-6-2-1-3-7-12)11-26-18(24)15-10-25-13-8-4-5-9-14(13)27-15/h1-9,15H,10-11H2,(H,20,22,23)/t15-/m0/s1. The molecule has 4 rings (SSSR count). The van der Waals surface area contributed by atoms with E-state index in [1.54, 1.807) is 36.4 Å². The SMILES string of the molecule is O=C(COC(=O)[C@@H]1COc2ccccc2O1)Nc1nnc(-c2ccccc2)o1. The maximum absolute atomic E-state index is 12.1. The molecule has 1 aliphatic heterocycles. The van der Waals surface area contributed by atoms with Crippen LogP contribution < -0.4 is 14.8 Å². The zero-order chi connectivity index (χ0) is 19.3. The zero-order valence-corrected chi connectivity index (χ0v) is 14.5. The Morgan fingerprint density at radius 3 is 2.61 bits per heavy atom. The normalized spacial score (nSPS) is 14.9. The highest BCUT2D eigenvalue weighted by atomic mass is 16.6. The first-order chi connectivity index (χ1) is 13.7. The Hall–Kier alpha value is -3.88. The summed E-state index contributed by atoms with van der Waals surface area (Å²) in [5.41, 5.74) is 0.719. The number of para-hydroxylation sites is 2. The molecule has 3 aromatic rings. The molecule has 28 heavy (non-hydrogen) atoms. The van der Waals surface area contributed by atoms with Gasteiger partial charge in [0.1, 0.15) is 6.61 Å². The van der Waals surface area contributed by atoms with Gasteiger partial charge in [-0.2, -0.15) is 0 Å². The molecule has 1 aliphatic rings. The molecule has 1 amide bonds. The van der Waals surface area contributed by atoms with Crippen molar-refractivity contribution in [3.8, 4) is 23.0 Å². The lowest BCUT2D eigenvalue weighted by Crippen LogP contribution is -2.39. The van der Waals surface area contributed by atoms with Crippen LogP contribution in [0.25, 0.3) is 11.5 Å². The van der Waals surface area contributed by atoms with E-state index < -0.39 is 24.6 Å². The lowest BCUT2D eigenvalue weighted by Gasteiger charge is -2.24. The van der Waals surface area contributed by atoms with Crippen LogP contribution in [0.3, 0.4) is 0 Å². The van der Waals surface area contributed by atoms with Gasteiger partial charge in [-0.3, -0.25) is 10.1 Å². The van der Waals surface area contributed by atoms with Crippen LogP contribution in [-0.2, 0) is 14.3 Å². The summed E-state index contributed by atoms with van der Waals surface area (Å²) in [6, 6.07) is 16.0. The van der Waals surface area contributed by atoms with Crippen molar-refractivity contribution in [2.45, 2.75) is 6.10 Å². The van der Waals surface area contributed by atoms with Crippen LogP contribution in [0.2, 0.25) is 0 Å². The summed E-state index contributed by atoms with van der Waals surface area (Å²) in [6.07, 6.45) is -0.948. The number of carbonyl (C=O) groups is 2. The molecule has 0 spiro atoms. The number of fused-ring (bicyclic) bond motifs is 1. The van der Waals surface area contributed by atoms with E-state index in [1.165, 1.54) is 0 Å². The predicted molar refractivity (Wildman–Crippen MR) is 95.7 cm³/mol. The van der Waals surface area contributed by atoms with Crippen LogP contribution in [0, 0.1) is 0 Å². The van der Waals surface area contributed by atoms with Gasteiger partial charge in [-0.25, -0.2) is 4.79 Å². The van der Waals surface area contributed by atoms with Crippen LogP contribution in [0.5, 0.6) is 11.5 Å². The fourth-order valence-corrected chi connectivity index (χ4v) is 2.49. The Morgan fingerprint density at radius 2 is 1.79 bits per heavy atom. The Kier molecular flexibility index (Phi) is 4.87. The maximum Gasteiger partial charge on any atom is 0.351 e. The molecular formula is C19H15N3O6. The van der Waals surface area contributed by atoms with Crippen LogP contribution in [0.4, 0.5) is 6.01 Å². The fraction of sp³-hybridized carbons (Fsp3) is 0.158. The van der Waals surface area contributed by atoms with E-state index in [-0.39, 0.29) is 18.5 Å². The zero-order valence-electron chi connectivity index (χ0n) is 14.5. The number of carbonyl (C=O) groups excluding carboxylic acids is 2. The molecular weight excluding hydrogens is 366 g/mol. The third-order valence-electron chi connectivity index (χ3n) is 3.81. The van der Waals surface area contributed by atoms with Gasteiger partial charge in [0.05, 0.1) is 0 Å². The van der Waals surface area contributed by atoms with Gasteiger partial charge in [0.15, 0.2) is 18.1 Å². The summed E-state index contributed by atoms with van der Waals surface area (Å²) in [7, 11) is 0. The maximum atomic E-state index is 12.1. The van der Waals surface area contributed by atoms with E-state index in [1.807, 2.05) is 18.2 Å². The largest absolute Gasteiger partial charge is 0.485 e. The van der Waals surface area contributed by atoms with E-state index >= 15 is 0 Å². The lowest BCUT2D eigenvalue weighted by atomic mass is 10.2. The number of nitrogens with zero attached hydrogens (tertiary/aromatic N) is 2. The van der Waals surface area contributed by atoms with Crippen molar-refractivity contribution in [2.75, 3.05) is 18.5 Å². The number of rotatable bonds is 5. The molecule has 0 fully saturated rings. The van der Waals surface area contributed by atoms with E-state index in [0.29, 0.717) is 11.5 Å². The monoisotopic (exact) mass is 381 g/mol. The first-order valence-electron chi connectivity index (χ1n) is 8.43. The second-order valence-corrected chi connectivity index (χ2v) is 5.80. The topological polar surface area (TPSA) is 113 Å². The molecule has 0 radical (unpaired) electrons. The van der Waals surface area contributed by atoms with Crippen molar-refractivity contribution in [1.82, 2.24) is 10.2 Å². The number of hydrogen-bond acceptors (Lipinski definition) is 8. The van der Waals surface area contributed by atoms with Crippen LogP contribution >= 0.6 is 0 Å². The van der Waals surface area contributed by atoms with Crippen molar-refractivity contribution in [1.29, 1.82) is 0 Å². The van der Waals surface area contributed by atoms with Gasteiger partial charge in [-0.05, 0) is 24.3 Å². The number of nitrogens with one attached hydrogen (secondary N) is 1. The average Bonchev–Trinajstić information content (AvgIpc) is 3.20. The molecule has 0 unspecified atom stereocenters. The Bertz CT molecular complexity index is 988. The second-order valence-electron chi connectivity index (χ2n) is 5.80. The van der Waals surface area contributed by atoms with Crippen LogP contribution in [0.1, 0.15) is 0 Å². The molecule has 0 saturated heterocycles. The molecule has 0 saturated carbocycles. The van der Waals surface area contributed by atoms with Crippen molar-refractivity contribution >= 4 is 17.9 Å². The predicted octanol–water partition coefficient (Wildman–Crippen LogP) is 2.06. The molecule has 1 atom stereocenters. The fourth-order valence-electron chi connectivity index (χ4n) is 2.49. The van der Waals surface area contributed by atoms with Gasteiger partial charge in [0.25, 0.3) is 5.91 Å². The van der Waals surface area contributed by atoms with Crippen molar-refractivity contribution in [2.24, 2.45) is 0 Å². The highest BCUT2D eigenvalue weighted by Crippen LogP contribution is 2.31. The third kappa shape index (κ3) is 3.93. The minimum atomic E-state index is -0.948. The number of amides is 1. The molecule has 142 valence electrons. The Labute approximate surface area is 159 Å². The van der Waals surface area contributed by atoms with Gasteiger partial charge < -0.3 is 18.6 Å². The summed E-state index contributed by atoms with van der Waals surface area (Å²) in [6.45, 7) is -0.523. The molecule has 0 aliphatic carbocycles. The number of hydrogen-bond donors (Lipinski definition) is 1. The quantitative estimate of drug-likeness (QED) is 0.668. The molecule has 9 heteroatoms. The number of ether oxygens (including phenoxy) is 3. The van der Waals surface area contributed by atoms with Gasteiger partial charge in [-0.15, -0.1) is 5.10 Å². The van der Waals surface area contributed by atoms with Gasteiger partial charge >= 0.3 is 12.0 Å². The lowest BCUT2D eigenvalue weighted by molar-refractivity contribution is -0.156. The minimum Gasteiger partial charge on any atom is -0.485 e. The third-order valence-corrected chi connectivity index (χ3v) is 3.81. The van der Waals surface area contributed by atoms with Gasteiger partial charge in [-0.1, -0.05) is 35.4 Å². The van der Waals surface area contributed by atoms with Gasteiger partial charge in [0, 0.05) is 5.56 Å². The van der Waals surface area contributed by atoms with E-state index in [4.69, 9.17) is 18.6 Å². The van der Waals surface area contributed by atoms with Gasteiger partial charge in [0.2, 0.25) is 12.0 Å². The molecule has 1 N–H and O–H groups in total. The Balaban J connectivity index is 1.28. The number of esters is 1. The van der Waals surface area contributed by atoms with Crippen LogP contribution in [0.15, 0.2) is 59.0 Å². The summed E-state index contributed by atoms with van der Waals surface area (Å²) < 4.78 is 21.3. The molecule has 9 nitrogen and oxygen atoms in total. The highest BCUT2D eigenvalue weighted by Gasteiger charge is 2.29. The van der Waals surface area contributed by atoms with Crippen molar-refractivity contribution in [3.63, 3.8) is 0 Å².